The Kier molecular flexibility index (Phi) is 7.51. The van der Waals surface area contributed by atoms with Crippen molar-refractivity contribution in [3.05, 3.63) is 125 Å². The number of hydrogen-bond donors (Lipinski definition) is 2. The first-order valence-corrected chi connectivity index (χ1v) is 13.7. The molecule has 0 heterocycles. The molecule has 0 aliphatic rings. The number of ketones is 1. The van der Waals surface area contributed by atoms with E-state index in [4.69, 9.17) is 0 Å². The first-order chi connectivity index (χ1) is 17.9. The number of rotatable bonds is 7. The van der Waals surface area contributed by atoms with Crippen molar-refractivity contribution < 1.29 is 18.0 Å². The van der Waals surface area contributed by atoms with E-state index >= 15 is 0 Å². The quantitative estimate of drug-likeness (QED) is 0.266. The predicted molar refractivity (Wildman–Crippen MR) is 151 cm³/mol. The second kappa shape index (κ2) is 10.6. The Morgan fingerprint density at radius 1 is 0.711 bits per heavy atom. The lowest BCUT2D eigenvalue weighted by Crippen LogP contribution is -2.15. The summed E-state index contributed by atoms with van der Waals surface area (Å²) in [5, 5.41) is 2.82. The number of nitrogens with one attached hydrogen (secondary N) is 2. The van der Waals surface area contributed by atoms with Gasteiger partial charge in [-0.15, -0.1) is 0 Å². The summed E-state index contributed by atoms with van der Waals surface area (Å²) >= 11 is 0. The highest BCUT2D eigenvalue weighted by atomic mass is 32.2. The fourth-order valence-corrected chi connectivity index (χ4v) is 5.10. The molecule has 0 fully saturated rings. The zero-order valence-electron chi connectivity index (χ0n) is 21.8. The molecule has 0 unspecified atom stereocenters. The minimum atomic E-state index is -3.75. The SMILES string of the molecule is Cc1cc(C(=O)Nc2cccc(C(=O)c3ccc(C(C)(C)C)cc3)c2)ccc1NS(=O)(=O)c1ccccc1. The van der Waals surface area contributed by atoms with Crippen molar-refractivity contribution >= 4 is 33.1 Å². The van der Waals surface area contributed by atoms with Crippen molar-refractivity contribution in [2.24, 2.45) is 0 Å². The van der Waals surface area contributed by atoms with Crippen LogP contribution in [-0.4, -0.2) is 20.1 Å². The van der Waals surface area contributed by atoms with E-state index in [2.05, 4.69) is 30.8 Å². The Bertz CT molecular complexity index is 1590. The van der Waals surface area contributed by atoms with Gasteiger partial charge in [-0.3, -0.25) is 14.3 Å². The van der Waals surface area contributed by atoms with Crippen LogP contribution in [0.1, 0.15) is 58.2 Å². The van der Waals surface area contributed by atoms with E-state index in [-0.39, 0.29) is 22.0 Å². The Morgan fingerprint density at radius 2 is 1.37 bits per heavy atom. The van der Waals surface area contributed by atoms with Crippen LogP contribution >= 0.6 is 0 Å². The first kappa shape index (κ1) is 26.8. The topological polar surface area (TPSA) is 92.3 Å². The third-order valence-electron chi connectivity index (χ3n) is 6.18. The lowest BCUT2D eigenvalue weighted by molar-refractivity contribution is 0.102. The molecule has 38 heavy (non-hydrogen) atoms. The van der Waals surface area contributed by atoms with Gasteiger partial charge in [0.05, 0.1) is 10.6 Å². The van der Waals surface area contributed by atoms with Gasteiger partial charge in [-0.05, 0) is 65.9 Å². The van der Waals surface area contributed by atoms with Crippen LogP contribution in [0.5, 0.6) is 0 Å². The Morgan fingerprint density at radius 3 is 2.00 bits per heavy atom. The van der Waals surface area contributed by atoms with Gasteiger partial charge in [0.1, 0.15) is 0 Å². The van der Waals surface area contributed by atoms with E-state index in [1.807, 2.05) is 24.3 Å². The monoisotopic (exact) mass is 526 g/mol. The number of benzene rings is 4. The molecule has 0 aliphatic carbocycles. The van der Waals surface area contributed by atoms with Gasteiger partial charge in [-0.1, -0.05) is 75.4 Å². The van der Waals surface area contributed by atoms with Gasteiger partial charge in [0.25, 0.3) is 15.9 Å². The summed E-state index contributed by atoms with van der Waals surface area (Å²) < 4.78 is 27.9. The van der Waals surface area contributed by atoms with Crippen LogP contribution in [0.15, 0.2) is 102 Å². The van der Waals surface area contributed by atoms with Crippen molar-refractivity contribution in [1.82, 2.24) is 0 Å². The van der Waals surface area contributed by atoms with Crippen molar-refractivity contribution in [2.45, 2.75) is 38.0 Å². The van der Waals surface area contributed by atoms with Crippen LogP contribution in [0.2, 0.25) is 0 Å². The third-order valence-corrected chi connectivity index (χ3v) is 7.56. The molecular formula is C31H30N2O4S. The maximum absolute atomic E-state index is 13.0. The molecular weight excluding hydrogens is 496 g/mol. The van der Waals surface area contributed by atoms with Crippen molar-refractivity contribution in [3.8, 4) is 0 Å². The van der Waals surface area contributed by atoms with Gasteiger partial charge in [-0.2, -0.15) is 0 Å². The highest BCUT2D eigenvalue weighted by Gasteiger charge is 2.17. The maximum Gasteiger partial charge on any atom is 0.261 e. The van der Waals surface area contributed by atoms with E-state index in [0.29, 0.717) is 33.6 Å². The highest BCUT2D eigenvalue weighted by molar-refractivity contribution is 7.92. The summed E-state index contributed by atoms with van der Waals surface area (Å²) in [7, 11) is -3.75. The van der Waals surface area contributed by atoms with Crippen LogP contribution in [0.25, 0.3) is 0 Å². The molecule has 0 aliphatic heterocycles. The number of aryl methyl sites for hydroxylation is 1. The molecule has 0 spiro atoms. The van der Waals surface area contributed by atoms with E-state index < -0.39 is 10.0 Å². The van der Waals surface area contributed by atoms with Crippen LogP contribution < -0.4 is 10.0 Å². The van der Waals surface area contributed by atoms with Crippen LogP contribution in [-0.2, 0) is 15.4 Å². The number of anilines is 2. The van der Waals surface area contributed by atoms with Gasteiger partial charge in [-0.25, -0.2) is 8.42 Å². The smallest absolute Gasteiger partial charge is 0.261 e. The third kappa shape index (κ3) is 6.18. The molecule has 0 bridgehead atoms. The van der Waals surface area contributed by atoms with Crippen LogP contribution in [0.4, 0.5) is 11.4 Å². The highest BCUT2D eigenvalue weighted by Crippen LogP contribution is 2.24. The summed E-state index contributed by atoms with van der Waals surface area (Å²) in [5.41, 5.74) is 4.01. The second-order valence-electron chi connectivity index (χ2n) is 10.1. The Hall–Kier alpha value is -4.23. The average Bonchev–Trinajstić information content (AvgIpc) is 2.89. The van der Waals surface area contributed by atoms with Crippen LogP contribution in [0, 0.1) is 6.92 Å². The largest absolute Gasteiger partial charge is 0.322 e. The molecule has 0 saturated heterocycles. The molecule has 0 aromatic heterocycles. The summed E-state index contributed by atoms with van der Waals surface area (Å²) in [4.78, 5) is 26.1. The molecule has 0 radical (unpaired) electrons. The molecule has 6 nitrogen and oxygen atoms in total. The minimum Gasteiger partial charge on any atom is -0.322 e. The number of carbonyl (C=O) groups is 2. The molecule has 0 saturated carbocycles. The summed E-state index contributed by atoms with van der Waals surface area (Å²) in [6.07, 6.45) is 0. The fraction of sp³-hybridized carbons (Fsp3) is 0.161. The van der Waals surface area contributed by atoms with Crippen molar-refractivity contribution in [3.63, 3.8) is 0 Å². The zero-order valence-corrected chi connectivity index (χ0v) is 22.6. The molecule has 7 heteroatoms. The predicted octanol–water partition coefficient (Wildman–Crippen LogP) is 6.58. The Balaban J connectivity index is 1.47. The molecule has 2 N–H and O–H groups in total. The van der Waals surface area contributed by atoms with Gasteiger partial charge in [0.2, 0.25) is 0 Å². The molecule has 4 aromatic carbocycles. The van der Waals surface area contributed by atoms with E-state index in [0.717, 1.165) is 5.56 Å². The summed E-state index contributed by atoms with van der Waals surface area (Å²) in [6, 6.07) is 27.2. The molecule has 194 valence electrons. The Labute approximate surface area is 223 Å². The minimum absolute atomic E-state index is 0.00541. The standard InChI is InChI=1S/C31H30N2O4S/c1-21-19-24(15-18-28(21)33-38(36,37)27-11-6-5-7-12-27)30(35)32-26-10-8-9-23(20-26)29(34)22-13-16-25(17-14-22)31(2,3)4/h5-20,33H,1-4H3,(H,32,35). The lowest BCUT2D eigenvalue weighted by atomic mass is 9.86. The van der Waals surface area contributed by atoms with E-state index in [1.54, 1.807) is 67.6 Å². The van der Waals surface area contributed by atoms with E-state index in [1.165, 1.54) is 12.1 Å². The summed E-state index contributed by atoms with van der Waals surface area (Å²) in [5.74, 6) is -0.503. The number of amides is 1. The fourth-order valence-electron chi connectivity index (χ4n) is 3.95. The second-order valence-corrected chi connectivity index (χ2v) is 11.8. The van der Waals surface area contributed by atoms with E-state index in [9.17, 15) is 18.0 Å². The number of hydrogen-bond acceptors (Lipinski definition) is 4. The number of sulfonamides is 1. The molecule has 4 aromatic rings. The normalized spacial score (nSPS) is 11.6. The van der Waals surface area contributed by atoms with Gasteiger partial charge in [0, 0.05) is 22.4 Å². The van der Waals surface area contributed by atoms with Crippen molar-refractivity contribution in [2.75, 3.05) is 10.0 Å². The van der Waals surface area contributed by atoms with Gasteiger partial charge in [0.15, 0.2) is 5.78 Å². The first-order valence-electron chi connectivity index (χ1n) is 12.2. The molecule has 0 atom stereocenters. The van der Waals surface area contributed by atoms with Crippen molar-refractivity contribution in [1.29, 1.82) is 0 Å². The van der Waals surface area contributed by atoms with Gasteiger partial charge < -0.3 is 5.32 Å². The molecule has 1 amide bonds. The van der Waals surface area contributed by atoms with Gasteiger partial charge >= 0.3 is 0 Å². The zero-order chi connectivity index (χ0) is 27.5. The van der Waals surface area contributed by atoms with Crippen LogP contribution in [0.3, 0.4) is 0 Å². The molecule has 4 rings (SSSR count). The summed E-state index contributed by atoms with van der Waals surface area (Å²) in [6.45, 7) is 8.08. The lowest BCUT2D eigenvalue weighted by Gasteiger charge is -2.19. The average molecular weight is 527 g/mol. The number of carbonyl (C=O) groups excluding carboxylic acids is 2. The maximum atomic E-state index is 13.0.